The molecule has 0 bridgehead atoms. The summed E-state index contributed by atoms with van der Waals surface area (Å²) in [5.41, 5.74) is 0.651. The zero-order chi connectivity index (χ0) is 19.9. The van der Waals surface area contributed by atoms with Crippen molar-refractivity contribution in [2.75, 3.05) is 42.8 Å². The van der Waals surface area contributed by atoms with E-state index < -0.39 is 9.84 Å². The average molecular weight is 414 g/mol. The summed E-state index contributed by atoms with van der Waals surface area (Å²) in [6.07, 6.45) is 2.41. The summed E-state index contributed by atoms with van der Waals surface area (Å²) >= 11 is 5.98. The van der Waals surface area contributed by atoms with E-state index in [-0.39, 0.29) is 10.2 Å². The van der Waals surface area contributed by atoms with Crippen molar-refractivity contribution in [2.45, 2.75) is 25.2 Å². The molecular weight excluding hydrogens is 390 g/mol. The van der Waals surface area contributed by atoms with Crippen molar-refractivity contribution < 1.29 is 13.2 Å². The van der Waals surface area contributed by atoms with Crippen molar-refractivity contribution in [3.8, 4) is 0 Å². The molecule has 1 aliphatic rings. The molecule has 8 nitrogen and oxygen atoms in total. The molecular formula is C17H24ClN5O3S. The topological polar surface area (TPSA) is 97.3 Å². The number of nitrogens with zero attached hydrogens (tertiary/aromatic N) is 4. The van der Waals surface area contributed by atoms with Crippen LogP contribution in [-0.4, -0.2) is 55.9 Å². The standard InChI is InChI=1S/C14H16ClN5O3S.C3H8/c1-24(21,22)11-4-2-10(3-5-11)16-13-17-12(15)18-14(19-13)20-6-8-23-9-7-20;1-3-2/h2-5H,6-9H2,1H3,(H,16,17,18,19);3H2,1-2H3. The number of benzene rings is 1. The second kappa shape index (κ2) is 9.82. The molecule has 1 aromatic carbocycles. The highest BCUT2D eigenvalue weighted by Gasteiger charge is 2.16. The van der Waals surface area contributed by atoms with E-state index in [1.165, 1.54) is 18.6 Å². The number of anilines is 3. The quantitative estimate of drug-likeness (QED) is 0.816. The van der Waals surface area contributed by atoms with Crippen molar-refractivity contribution in [3.05, 3.63) is 29.5 Å². The van der Waals surface area contributed by atoms with Gasteiger partial charge in [-0.15, -0.1) is 0 Å². The average Bonchev–Trinajstić information content (AvgIpc) is 2.62. The molecule has 1 N–H and O–H groups in total. The van der Waals surface area contributed by atoms with Gasteiger partial charge in [0, 0.05) is 25.0 Å². The van der Waals surface area contributed by atoms with Crippen LogP contribution in [0.4, 0.5) is 17.6 Å². The largest absolute Gasteiger partial charge is 0.378 e. The van der Waals surface area contributed by atoms with Gasteiger partial charge in [0.2, 0.25) is 17.2 Å². The Morgan fingerprint density at radius 2 is 1.70 bits per heavy atom. The lowest BCUT2D eigenvalue weighted by Crippen LogP contribution is -2.37. The molecule has 27 heavy (non-hydrogen) atoms. The van der Waals surface area contributed by atoms with Crippen molar-refractivity contribution in [2.24, 2.45) is 0 Å². The summed E-state index contributed by atoms with van der Waals surface area (Å²) < 4.78 is 28.3. The van der Waals surface area contributed by atoms with E-state index >= 15 is 0 Å². The van der Waals surface area contributed by atoms with Gasteiger partial charge >= 0.3 is 0 Å². The number of aromatic nitrogens is 3. The van der Waals surface area contributed by atoms with Crippen LogP contribution in [-0.2, 0) is 14.6 Å². The van der Waals surface area contributed by atoms with Gasteiger partial charge in [0.1, 0.15) is 0 Å². The highest BCUT2D eigenvalue weighted by atomic mass is 35.5. The maximum Gasteiger partial charge on any atom is 0.233 e. The van der Waals surface area contributed by atoms with Crippen LogP contribution in [0.3, 0.4) is 0 Å². The maximum atomic E-state index is 11.5. The first-order valence-electron chi connectivity index (χ1n) is 8.65. The van der Waals surface area contributed by atoms with Crippen LogP contribution in [0.1, 0.15) is 20.3 Å². The van der Waals surface area contributed by atoms with E-state index in [4.69, 9.17) is 16.3 Å². The lowest BCUT2D eigenvalue weighted by atomic mass is 10.3. The first-order valence-corrected chi connectivity index (χ1v) is 10.9. The van der Waals surface area contributed by atoms with Gasteiger partial charge in [-0.05, 0) is 35.9 Å². The molecule has 3 rings (SSSR count). The number of sulfone groups is 1. The molecule has 1 fully saturated rings. The Morgan fingerprint density at radius 1 is 1.11 bits per heavy atom. The summed E-state index contributed by atoms with van der Waals surface area (Å²) in [5.74, 6) is 0.775. The van der Waals surface area contributed by atoms with Crippen molar-refractivity contribution >= 4 is 39.0 Å². The number of rotatable bonds is 4. The lowest BCUT2D eigenvalue weighted by Gasteiger charge is -2.26. The van der Waals surface area contributed by atoms with Gasteiger partial charge in [-0.1, -0.05) is 20.3 Å². The summed E-state index contributed by atoms with van der Waals surface area (Å²) in [6.45, 7) is 6.84. The fourth-order valence-corrected chi connectivity index (χ4v) is 3.00. The summed E-state index contributed by atoms with van der Waals surface area (Å²) in [5, 5.41) is 3.09. The Morgan fingerprint density at radius 3 is 2.26 bits per heavy atom. The van der Waals surface area contributed by atoms with Crippen LogP contribution in [0, 0.1) is 0 Å². The van der Waals surface area contributed by atoms with Gasteiger partial charge < -0.3 is 15.0 Å². The van der Waals surface area contributed by atoms with E-state index in [9.17, 15) is 8.42 Å². The van der Waals surface area contributed by atoms with E-state index in [2.05, 4.69) is 34.1 Å². The molecule has 0 unspecified atom stereocenters. The minimum absolute atomic E-state index is 0.0850. The molecule has 0 amide bonds. The van der Waals surface area contributed by atoms with Crippen LogP contribution in [0.15, 0.2) is 29.2 Å². The van der Waals surface area contributed by atoms with Crippen LogP contribution in [0.2, 0.25) is 5.28 Å². The lowest BCUT2D eigenvalue weighted by molar-refractivity contribution is 0.122. The van der Waals surface area contributed by atoms with E-state index in [0.29, 0.717) is 43.9 Å². The normalized spacial score (nSPS) is 14.3. The number of hydrogen-bond donors (Lipinski definition) is 1. The predicted molar refractivity (Wildman–Crippen MR) is 107 cm³/mol. The van der Waals surface area contributed by atoms with Crippen LogP contribution < -0.4 is 10.2 Å². The van der Waals surface area contributed by atoms with Crippen molar-refractivity contribution in [3.63, 3.8) is 0 Å². The molecule has 0 atom stereocenters. The fraction of sp³-hybridized carbons (Fsp3) is 0.471. The number of nitrogens with one attached hydrogen (secondary N) is 1. The first kappa shape index (κ1) is 21.3. The Balaban J connectivity index is 0.000000817. The Labute approximate surface area is 164 Å². The van der Waals surface area contributed by atoms with Gasteiger partial charge in [0.05, 0.1) is 18.1 Å². The molecule has 0 spiro atoms. The number of hydrogen-bond acceptors (Lipinski definition) is 8. The fourth-order valence-electron chi connectivity index (χ4n) is 2.21. The second-order valence-corrected chi connectivity index (χ2v) is 8.31. The maximum absolute atomic E-state index is 11.5. The minimum Gasteiger partial charge on any atom is -0.378 e. The third-order valence-corrected chi connectivity index (χ3v) is 4.73. The molecule has 2 aromatic rings. The molecule has 0 radical (unpaired) electrons. The molecule has 10 heteroatoms. The van der Waals surface area contributed by atoms with E-state index in [1.54, 1.807) is 12.1 Å². The van der Waals surface area contributed by atoms with Gasteiger partial charge in [0.15, 0.2) is 9.84 Å². The molecule has 1 saturated heterocycles. The zero-order valence-corrected chi connectivity index (χ0v) is 17.2. The minimum atomic E-state index is -3.23. The first-order chi connectivity index (χ1) is 12.8. The van der Waals surface area contributed by atoms with Gasteiger partial charge in [-0.2, -0.15) is 15.0 Å². The highest BCUT2D eigenvalue weighted by molar-refractivity contribution is 7.90. The Bertz CT molecular complexity index is 840. The van der Waals surface area contributed by atoms with Crippen LogP contribution >= 0.6 is 11.6 Å². The smallest absolute Gasteiger partial charge is 0.233 e. The number of ether oxygens (including phenoxy) is 1. The van der Waals surface area contributed by atoms with Crippen molar-refractivity contribution in [1.29, 1.82) is 0 Å². The number of halogens is 1. The van der Waals surface area contributed by atoms with Crippen molar-refractivity contribution in [1.82, 2.24) is 15.0 Å². The number of morpholine rings is 1. The van der Waals surface area contributed by atoms with E-state index in [0.717, 1.165) is 6.26 Å². The Kier molecular flexibility index (Phi) is 7.76. The van der Waals surface area contributed by atoms with Crippen LogP contribution in [0.5, 0.6) is 0 Å². The van der Waals surface area contributed by atoms with Crippen LogP contribution in [0.25, 0.3) is 0 Å². The van der Waals surface area contributed by atoms with Gasteiger partial charge in [-0.3, -0.25) is 0 Å². The Hall–Kier alpha value is -1.97. The summed E-state index contributed by atoms with van der Waals surface area (Å²) in [7, 11) is -3.23. The molecule has 1 aliphatic heterocycles. The van der Waals surface area contributed by atoms with Gasteiger partial charge in [0.25, 0.3) is 0 Å². The SMILES string of the molecule is CCC.CS(=O)(=O)c1ccc(Nc2nc(Cl)nc(N3CCOCC3)n2)cc1. The monoisotopic (exact) mass is 413 g/mol. The molecule has 148 valence electrons. The summed E-state index contributed by atoms with van der Waals surface area (Å²) in [6, 6.07) is 6.32. The highest BCUT2D eigenvalue weighted by Crippen LogP contribution is 2.20. The molecule has 2 heterocycles. The third kappa shape index (κ3) is 6.60. The second-order valence-electron chi connectivity index (χ2n) is 5.96. The van der Waals surface area contributed by atoms with E-state index in [1.807, 2.05) is 4.90 Å². The summed E-state index contributed by atoms with van der Waals surface area (Å²) in [4.78, 5) is 14.8. The third-order valence-electron chi connectivity index (χ3n) is 3.43. The van der Waals surface area contributed by atoms with Gasteiger partial charge in [-0.25, -0.2) is 8.42 Å². The zero-order valence-electron chi connectivity index (χ0n) is 15.6. The molecule has 0 aliphatic carbocycles. The molecule has 1 aromatic heterocycles. The molecule has 0 saturated carbocycles. The predicted octanol–water partition coefficient (Wildman–Crippen LogP) is 2.93.